The first-order valence-electron chi connectivity index (χ1n) is 11.4. The predicted molar refractivity (Wildman–Crippen MR) is 127 cm³/mol. The molecule has 0 aliphatic carbocycles. The molecular formula is C26H24F6N2O5. The standard InChI is InChI=1S/C26H24F6N2O5/c1-38-21-13-17(4-7-20(21)39-9-8-35)24(36)33-14-25(37,26(30,31)32)22-11-15(12-23(28)29)10-19(34-22)16-2-5-18(27)6-3-16/h2-7,10-11,13,23,35,37H,8-9,12,14H2,1H3,(H,33,36). The quantitative estimate of drug-likeness (QED) is 0.304. The molecule has 0 saturated heterocycles. The third kappa shape index (κ3) is 7.18. The van der Waals surface area contributed by atoms with E-state index in [-0.39, 0.29) is 47.1 Å². The minimum atomic E-state index is -5.39. The van der Waals surface area contributed by atoms with Crippen LogP contribution in [0, 0.1) is 5.82 Å². The van der Waals surface area contributed by atoms with Gasteiger partial charge in [0.2, 0.25) is 12.0 Å². The molecular weight excluding hydrogens is 534 g/mol. The molecule has 2 aromatic carbocycles. The fourth-order valence-electron chi connectivity index (χ4n) is 3.59. The molecule has 39 heavy (non-hydrogen) atoms. The van der Waals surface area contributed by atoms with Crippen molar-refractivity contribution in [2.45, 2.75) is 24.6 Å². The van der Waals surface area contributed by atoms with E-state index < -0.39 is 48.6 Å². The zero-order valence-corrected chi connectivity index (χ0v) is 20.4. The van der Waals surface area contributed by atoms with E-state index in [0.717, 1.165) is 18.2 Å². The number of aliphatic hydroxyl groups is 2. The molecule has 3 rings (SSSR count). The van der Waals surface area contributed by atoms with Gasteiger partial charge >= 0.3 is 6.18 Å². The highest BCUT2D eigenvalue weighted by molar-refractivity contribution is 5.95. The number of ether oxygens (including phenoxy) is 2. The lowest BCUT2D eigenvalue weighted by Crippen LogP contribution is -2.51. The van der Waals surface area contributed by atoms with E-state index >= 15 is 0 Å². The Kier molecular flexibility index (Phi) is 9.41. The first-order valence-corrected chi connectivity index (χ1v) is 11.4. The number of carbonyl (C=O) groups is 1. The molecule has 0 aliphatic heterocycles. The molecule has 0 spiro atoms. The van der Waals surface area contributed by atoms with Crippen molar-refractivity contribution < 1.29 is 50.8 Å². The Morgan fingerprint density at radius 2 is 1.74 bits per heavy atom. The summed E-state index contributed by atoms with van der Waals surface area (Å²) >= 11 is 0. The summed E-state index contributed by atoms with van der Waals surface area (Å²) in [6.07, 6.45) is -9.25. The highest BCUT2D eigenvalue weighted by Crippen LogP contribution is 2.39. The van der Waals surface area contributed by atoms with Crippen molar-refractivity contribution in [3.63, 3.8) is 0 Å². The van der Waals surface area contributed by atoms with Crippen molar-refractivity contribution >= 4 is 5.91 Å². The van der Waals surface area contributed by atoms with Gasteiger partial charge in [-0.25, -0.2) is 18.2 Å². The highest BCUT2D eigenvalue weighted by atomic mass is 19.4. The summed E-state index contributed by atoms with van der Waals surface area (Å²) in [5.41, 5.74) is -5.29. The van der Waals surface area contributed by atoms with Crippen molar-refractivity contribution in [2.75, 3.05) is 26.9 Å². The third-order valence-corrected chi connectivity index (χ3v) is 5.59. The molecule has 3 N–H and O–H groups in total. The molecule has 7 nitrogen and oxygen atoms in total. The zero-order chi connectivity index (χ0) is 28.8. The summed E-state index contributed by atoms with van der Waals surface area (Å²) in [6, 6.07) is 9.95. The van der Waals surface area contributed by atoms with Crippen molar-refractivity contribution in [1.29, 1.82) is 0 Å². The summed E-state index contributed by atoms with van der Waals surface area (Å²) in [7, 11) is 1.27. The number of alkyl halides is 5. The lowest BCUT2D eigenvalue weighted by atomic mass is 9.94. The van der Waals surface area contributed by atoms with Gasteiger partial charge in [-0.05, 0) is 60.2 Å². The van der Waals surface area contributed by atoms with E-state index in [4.69, 9.17) is 14.6 Å². The number of aromatic nitrogens is 1. The number of nitrogens with zero attached hydrogens (tertiary/aromatic N) is 1. The fraction of sp³-hybridized carbons (Fsp3) is 0.308. The molecule has 210 valence electrons. The molecule has 0 bridgehead atoms. The molecule has 1 amide bonds. The van der Waals surface area contributed by atoms with Crippen LogP contribution in [0.2, 0.25) is 0 Å². The summed E-state index contributed by atoms with van der Waals surface area (Å²) in [5, 5.41) is 21.7. The second-order valence-corrected chi connectivity index (χ2v) is 8.33. The summed E-state index contributed by atoms with van der Waals surface area (Å²) < 4.78 is 92.6. The van der Waals surface area contributed by atoms with Crippen LogP contribution in [0.4, 0.5) is 26.3 Å². The predicted octanol–water partition coefficient (Wildman–Crippen LogP) is 4.25. The van der Waals surface area contributed by atoms with Gasteiger partial charge in [-0.1, -0.05) is 0 Å². The Bertz CT molecular complexity index is 1290. The normalized spacial score (nSPS) is 13.2. The Balaban J connectivity index is 1.97. The fourth-order valence-corrected chi connectivity index (χ4v) is 3.59. The van der Waals surface area contributed by atoms with Gasteiger partial charge in [0.15, 0.2) is 11.5 Å². The Labute approximate surface area is 219 Å². The number of halogens is 6. The molecule has 13 heteroatoms. The monoisotopic (exact) mass is 558 g/mol. The van der Waals surface area contributed by atoms with E-state index in [1.54, 1.807) is 0 Å². The van der Waals surface area contributed by atoms with Gasteiger partial charge < -0.3 is 25.0 Å². The zero-order valence-electron chi connectivity index (χ0n) is 20.4. The number of benzene rings is 2. The molecule has 0 fully saturated rings. The van der Waals surface area contributed by atoms with Crippen LogP contribution in [0.5, 0.6) is 11.5 Å². The number of amides is 1. The summed E-state index contributed by atoms with van der Waals surface area (Å²) in [4.78, 5) is 16.5. The molecule has 3 aromatic rings. The maximum absolute atomic E-state index is 14.2. The van der Waals surface area contributed by atoms with Crippen molar-refractivity contribution in [1.82, 2.24) is 10.3 Å². The number of pyridine rings is 1. The van der Waals surface area contributed by atoms with Gasteiger partial charge in [-0.2, -0.15) is 13.2 Å². The highest BCUT2D eigenvalue weighted by Gasteiger charge is 2.56. The molecule has 0 saturated carbocycles. The Morgan fingerprint density at radius 1 is 1.05 bits per heavy atom. The van der Waals surface area contributed by atoms with Gasteiger partial charge in [-0.15, -0.1) is 0 Å². The summed E-state index contributed by atoms with van der Waals surface area (Å²) in [6.45, 7) is -1.77. The maximum Gasteiger partial charge on any atom is 0.424 e. The second-order valence-electron chi connectivity index (χ2n) is 8.33. The number of nitrogens with one attached hydrogen (secondary N) is 1. The molecule has 0 aliphatic rings. The molecule has 1 atom stereocenters. The number of aliphatic hydroxyl groups excluding tert-OH is 1. The second kappa shape index (κ2) is 12.3. The first kappa shape index (κ1) is 29.7. The van der Waals surface area contributed by atoms with E-state index in [2.05, 4.69) is 4.98 Å². The van der Waals surface area contributed by atoms with E-state index in [0.29, 0.717) is 6.07 Å². The molecule has 1 heterocycles. The van der Waals surface area contributed by atoms with Gasteiger partial charge in [0.1, 0.15) is 12.4 Å². The maximum atomic E-state index is 14.2. The van der Waals surface area contributed by atoms with E-state index in [1.165, 1.54) is 37.4 Å². The number of carbonyl (C=O) groups excluding carboxylic acids is 1. The third-order valence-electron chi connectivity index (χ3n) is 5.59. The number of hydrogen-bond donors (Lipinski definition) is 3. The molecule has 1 aromatic heterocycles. The number of rotatable bonds is 11. The lowest BCUT2D eigenvalue weighted by molar-refractivity contribution is -0.265. The van der Waals surface area contributed by atoms with Crippen LogP contribution in [0.3, 0.4) is 0 Å². The van der Waals surface area contributed by atoms with Crippen LogP contribution in [0.15, 0.2) is 54.6 Å². The number of hydrogen-bond acceptors (Lipinski definition) is 6. The van der Waals surface area contributed by atoms with Gasteiger partial charge in [0, 0.05) is 17.5 Å². The number of methoxy groups -OCH3 is 1. The molecule has 1 unspecified atom stereocenters. The largest absolute Gasteiger partial charge is 0.493 e. The van der Waals surface area contributed by atoms with Crippen molar-refractivity contribution in [2.24, 2.45) is 0 Å². The first-order chi connectivity index (χ1) is 18.4. The van der Waals surface area contributed by atoms with Crippen LogP contribution < -0.4 is 14.8 Å². The molecule has 0 radical (unpaired) electrons. The minimum Gasteiger partial charge on any atom is -0.493 e. The SMILES string of the molecule is COc1cc(C(=O)NCC(O)(c2cc(CC(F)F)cc(-c3ccc(F)cc3)n2)C(F)(F)F)ccc1OCCO. The average molecular weight is 558 g/mol. The van der Waals surface area contributed by atoms with Crippen molar-refractivity contribution in [3.8, 4) is 22.8 Å². The van der Waals surface area contributed by atoms with Crippen molar-refractivity contribution in [3.05, 3.63) is 77.2 Å². The van der Waals surface area contributed by atoms with Crippen LogP contribution in [0.25, 0.3) is 11.3 Å². The smallest absolute Gasteiger partial charge is 0.424 e. The van der Waals surface area contributed by atoms with Crippen LogP contribution in [-0.4, -0.2) is 60.6 Å². The van der Waals surface area contributed by atoms with E-state index in [1.807, 2.05) is 5.32 Å². The Hall–Kier alpha value is -3.84. The lowest BCUT2D eigenvalue weighted by Gasteiger charge is -2.31. The Morgan fingerprint density at radius 3 is 2.33 bits per heavy atom. The van der Waals surface area contributed by atoms with E-state index in [9.17, 15) is 36.2 Å². The van der Waals surface area contributed by atoms with Gasteiger partial charge in [-0.3, -0.25) is 4.79 Å². The average Bonchev–Trinajstić information content (AvgIpc) is 2.89. The topological polar surface area (TPSA) is 101 Å². The van der Waals surface area contributed by atoms with Crippen LogP contribution in [0.1, 0.15) is 21.6 Å². The van der Waals surface area contributed by atoms with Crippen LogP contribution >= 0.6 is 0 Å². The van der Waals surface area contributed by atoms with Gasteiger partial charge in [0.25, 0.3) is 5.91 Å². The summed E-state index contributed by atoms with van der Waals surface area (Å²) in [5.74, 6) is -1.43. The van der Waals surface area contributed by atoms with Gasteiger partial charge in [0.05, 0.1) is 31.6 Å². The minimum absolute atomic E-state index is 0.0625. The van der Waals surface area contributed by atoms with Crippen LogP contribution in [-0.2, 0) is 12.0 Å².